The van der Waals surface area contributed by atoms with E-state index in [2.05, 4.69) is 9.97 Å². The van der Waals surface area contributed by atoms with Gasteiger partial charge in [-0.3, -0.25) is 4.79 Å². The predicted molar refractivity (Wildman–Crippen MR) is 168 cm³/mol. The van der Waals surface area contributed by atoms with E-state index in [-0.39, 0.29) is 57.4 Å². The number of carboxylic acid groups (broad SMARTS) is 1. The molecular weight excluding hydrogens is 626 g/mol. The Kier molecular flexibility index (Phi) is 8.56. The van der Waals surface area contributed by atoms with Crippen LogP contribution in [0.2, 0.25) is 5.02 Å². The molecule has 244 valence electrons. The Morgan fingerprint density at radius 2 is 1.76 bits per heavy atom. The molecule has 1 amide bonds. The van der Waals surface area contributed by atoms with Gasteiger partial charge in [0.25, 0.3) is 5.91 Å². The lowest BCUT2D eigenvalue weighted by molar-refractivity contribution is -0.143. The molecule has 1 aromatic carbocycles. The van der Waals surface area contributed by atoms with Crippen molar-refractivity contribution in [1.82, 2.24) is 19.4 Å². The maximum atomic E-state index is 14.7. The number of aromatic nitrogens is 3. The van der Waals surface area contributed by atoms with E-state index in [1.54, 1.807) is 38.7 Å². The summed E-state index contributed by atoms with van der Waals surface area (Å²) < 4.78 is 59.7. The zero-order valence-corrected chi connectivity index (χ0v) is 27.0. The standard InChI is InChI=1S/C33H34ClF4N5O3/c1-17(2)15-42-28(33(36,37)38)27(20-7-9-22(34)23(35)14-20)21-8-10-24(40-29(21)42)30(44)43-12-11-41(16-32(43,5)6)25-13-18(3)26(31(45)46)19(4)39-25/h7-10,13-14,17H,11-12,15-16H2,1-6H3,(H,45,46). The number of alkyl halides is 3. The highest BCUT2D eigenvalue weighted by Crippen LogP contribution is 2.44. The number of carbonyl (C=O) groups excluding carboxylic acids is 1. The molecule has 0 atom stereocenters. The van der Waals surface area contributed by atoms with Crippen molar-refractivity contribution in [3.8, 4) is 11.1 Å². The number of amides is 1. The lowest BCUT2D eigenvalue weighted by Gasteiger charge is -2.47. The van der Waals surface area contributed by atoms with E-state index in [9.17, 15) is 32.3 Å². The highest BCUT2D eigenvalue weighted by Gasteiger charge is 2.42. The lowest BCUT2D eigenvalue weighted by Crippen LogP contribution is -2.61. The third-order valence-corrected chi connectivity index (χ3v) is 8.53. The summed E-state index contributed by atoms with van der Waals surface area (Å²) in [5, 5.41) is 9.44. The molecule has 1 N–H and O–H groups in total. The van der Waals surface area contributed by atoms with Crippen molar-refractivity contribution in [3.63, 3.8) is 0 Å². The summed E-state index contributed by atoms with van der Waals surface area (Å²) in [5.74, 6) is -1.96. The smallest absolute Gasteiger partial charge is 0.432 e. The summed E-state index contributed by atoms with van der Waals surface area (Å²) in [6, 6.07) is 8.08. The average molecular weight is 660 g/mol. The molecule has 0 spiro atoms. The molecular formula is C33H34ClF4N5O3. The van der Waals surface area contributed by atoms with Gasteiger partial charge < -0.3 is 19.5 Å². The van der Waals surface area contributed by atoms with E-state index < -0.39 is 35.1 Å². The van der Waals surface area contributed by atoms with Gasteiger partial charge in [0.1, 0.15) is 28.7 Å². The quantitative estimate of drug-likeness (QED) is 0.214. The summed E-state index contributed by atoms with van der Waals surface area (Å²) in [6.45, 7) is 11.6. The summed E-state index contributed by atoms with van der Waals surface area (Å²) >= 11 is 5.83. The van der Waals surface area contributed by atoms with Crippen molar-refractivity contribution in [2.45, 2.75) is 59.8 Å². The van der Waals surface area contributed by atoms with Crippen LogP contribution in [0.25, 0.3) is 22.2 Å². The molecule has 46 heavy (non-hydrogen) atoms. The maximum Gasteiger partial charge on any atom is 0.432 e. The molecule has 0 bridgehead atoms. The number of rotatable bonds is 6. The van der Waals surface area contributed by atoms with Crippen LogP contribution in [-0.4, -0.2) is 61.6 Å². The molecule has 0 radical (unpaired) electrons. The van der Waals surface area contributed by atoms with Crippen molar-refractivity contribution in [2.24, 2.45) is 5.92 Å². The molecule has 5 rings (SSSR count). The first kappa shape index (κ1) is 33.2. The van der Waals surface area contributed by atoms with Crippen molar-refractivity contribution in [2.75, 3.05) is 24.5 Å². The van der Waals surface area contributed by atoms with Crippen LogP contribution in [0.1, 0.15) is 65.5 Å². The Balaban J connectivity index is 1.55. The lowest BCUT2D eigenvalue weighted by atomic mass is 9.97. The first-order chi connectivity index (χ1) is 21.4. The maximum absolute atomic E-state index is 14.7. The number of aryl methyl sites for hydroxylation is 2. The third kappa shape index (κ3) is 6.02. The molecule has 4 aromatic rings. The van der Waals surface area contributed by atoms with E-state index in [4.69, 9.17) is 11.6 Å². The number of halogens is 5. The van der Waals surface area contributed by atoms with Crippen LogP contribution in [-0.2, 0) is 12.7 Å². The van der Waals surface area contributed by atoms with E-state index in [1.807, 2.05) is 18.7 Å². The number of hydrogen-bond acceptors (Lipinski definition) is 5. The number of pyridine rings is 2. The van der Waals surface area contributed by atoms with Crippen molar-refractivity contribution >= 4 is 40.3 Å². The van der Waals surface area contributed by atoms with Gasteiger partial charge in [-0.05, 0) is 75.1 Å². The van der Waals surface area contributed by atoms with Crippen molar-refractivity contribution in [1.29, 1.82) is 0 Å². The summed E-state index contributed by atoms with van der Waals surface area (Å²) in [7, 11) is 0. The van der Waals surface area contributed by atoms with E-state index in [0.717, 1.165) is 10.6 Å². The molecule has 8 nitrogen and oxygen atoms in total. The number of anilines is 1. The fraction of sp³-hybridized carbons (Fsp3) is 0.394. The minimum atomic E-state index is -4.81. The fourth-order valence-electron chi connectivity index (χ4n) is 6.28. The number of aromatic carboxylic acids is 1. The van der Waals surface area contributed by atoms with Crippen LogP contribution in [0.3, 0.4) is 0 Å². The van der Waals surface area contributed by atoms with Gasteiger partial charge in [-0.1, -0.05) is 31.5 Å². The molecule has 1 fully saturated rings. The van der Waals surface area contributed by atoms with Gasteiger partial charge in [0.15, 0.2) is 0 Å². The Morgan fingerprint density at radius 3 is 2.33 bits per heavy atom. The predicted octanol–water partition coefficient (Wildman–Crippen LogP) is 7.62. The first-order valence-corrected chi connectivity index (χ1v) is 15.1. The van der Waals surface area contributed by atoms with Gasteiger partial charge in [0.05, 0.1) is 21.8 Å². The van der Waals surface area contributed by atoms with Crippen molar-refractivity contribution < 1.29 is 32.3 Å². The molecule has 3 aromatic heterocycles. The summed E-state index contributed by atoms with van der Waals surface area (Å²) in [4.78, 5) is 38.3. The molecule has 1 aliphatic rings. The molecule has 0 unspecified atom stereocenters. The number of hydrogen-bond donors (Lipinski definition) is 1. The molecule has 1 saturated heterocycles. The summed E-state index contributed by atoms with van der Waals surface area (Å²) in [5.41, 5.74) is -0.885. The monoisotopic (exact) mass is 659 g/mol. The van der Waals surface area contributed by atoms with Gasteiger partial charge >= 0.3 is 12.1 Å². The molecule has 13 heteroatoms. The van der Waals surface area contributed by atoms with Gasteiger partial charge in [-0.15, -0.1) is 0 Å². The zero-order valence-electron chi connectivity index (χ0n) is 26.3. The molecule has 1 aliphatic heterocycles. The Labute approximate surface area is 268 Å². The van der Waals surface area contributed by atoms with E-state index in [1.165, 1.54) is 24.3 Å². The number of nitrogens with zero attached hydrogens (tertiary/aromatic N) is 5. The Hall–Kier alpha value is -4.19. The van der Waals surface area contributed by atoms with Crippen LogP contribution >= 0.6 is 11.6 Å². The largest absolute Gasteiger partial charge is 0.478 e. The van der Waals surface area contributed by atoms with Crippen LogP contribution in [0.15, 0.2) is 36.4 Å². The highest BCUT2D eigenvalue weighted by molar-refractivity contribution is 6.30. The SMILES string of the molecule is Cc1cc(N2CCN(C(=O)c3ccc4c(-c5ccc(Cl)c(F)c5)c(C(F)(F)F)n(CC(C)C)c4n3)C(C)(C)C2)nc(C)c1C(=O)O. The third-order valence-electron chi connectivity index (χ3n) is 8.22. The second kappa shape index (κ2) is 11.9. The topological polar surface area (TPSA) is 91.6 Å². The Bertz CT molecular complexity index is 1850. The number of carbonyl (C=O) groups is 2. The minimum Gasteiger partial charge on any atom is -0.478 e. The van der Waals surface area contributed by atoms with Crippen LogP contribution in [0, 0.1) is 25.6 Å². The first-order valence-electron chi connectivity index (χ1n) is 14.7. The van der Waals surface area contributed by atoms with Gasteiger partial charge in [0, 0.05) is 37.1 Å². The van der Waals surface area contributed by atoms with Gasteiger partial charge in [0.2, 0.25) is 0 Å². The number of fused-ring (bicyclic) bond motifs is 1. The normalized spacial score (nSPS) is 15.2. The van der Waals surface area contributed by atoms with E-state index >= 15 is 0 Å². The number of carboxylic acids is 1. The van der Waals surface area contributed by atoms with E-state index in [0.29, 0.717) is 30.2 Å². The highest BCUT2D eigenvalue weighted by atomic mass is 35.5. The van der Waals surface area contributed by atoms with Crippen molar-refractivity contribution in [3.05, 3.63) is 75.4 Å². The average Bonchev–Trinajstić information content (AvgIpc) is 3.26. The second-order valence-electron chi connectivity index (χ2n) is 12.7. The molecule has 0 saturated carbocycles. The minimum absolute atomic E-state index is 0.00432. The molecule has 0 aliphatic carbocycles. The number of piperazine rings is 1. The van der Waals surface area contributed by atoms with Crippen LogP contribution in [0.5, 0.6) is 0 Å². The fourth-order valence-corrected chi connectivity index (χ4v) is 6.40. The number of benzene rings is 1. The van der Waals surface area contributed by atoms with Crippen LogP contribution < -0.4 is 4.90 Å². The zero-order chi connectivity index (χ0) is 33.9. The van der Waals surface area contributed by atoms with Gasteiger partial charge in [-0.2, -0.15) is 13.2 Å². The molecule has 4 heterocycles. The van der Waals surface area contributed by atoms with Crippen LogP contribution in [0.4, 0.5) is 23.4 Å². The Morgan fingerprint density at radius 1 is 1.07 bits per heavy atom. The van der Waals surface area contributed by atoms with Gasteiger partial charge in [-0.25, -0.2) is 19.2 Å². The summed E-state index contributed by atoms with van der Waals surface area (Å²) in [6.07, 6.45) is -4.81. The second-order valence-corrected chi connectivity index (χ2v) is 13.1.